The van der Waals surface area contributed by atoms with E-state index >= 15 is 0 Å². The lowest BCUT2D eigenvalue weighted by Gasteiger charge is -2.31. The largest absolute Gasteiger partial charge is 0.496 e. The van der Waals surface area contributed by atoms with Gasteiger partial charge < -0.3 is 19.1 Å². The first-order valence-corrected chi connectivity index (χ1v) is 7.69. The van der Waals surface area contributed by atoms with Crippen molar-refractivity contribution in [3.63, 3.8) is 0 Å². The van der Waals surface area contributed by atoms with Gasteiger partial charge in [-0.2, -0.15) is 0 Å². The Kier molecular flexibility index (Phi) is 5.52. The summed E-state index contributed by atoms with van der Waals surface area (Å²) in [5, 5.41) is 0. The molecule has 0 saturated heterocycles. The smallest absolute Gasteiger partial charge is 0.257 e. The Hall–Kier alpha value is -1.91. The van der Waals surface area contributed by atoms with Crippen LogP contribution in [0.5, 0.6) is 17.2 Å². The van der Waals surface area contributed by atoms with Crippen molar-refractivity contribution >= 4 is 5.91 Å². The molecule has 2 rings (SSSR count). The van der Waals surface area contributed by atoms with Crippen LogP contribution in [0.1, 0.15) is 42.5 Å². The molecule has 0 atom stereocenters. The first-order valence-electron chi connectivity index (χ1n) is 7.69. The molecule has 0 bridgehead atoms. The van der Waals surface area contributed by atoms with Crippen molar-refractivity contribution in [3.05, 3.63) is 17.7 Å². The van der Waals surface area contributed by atoms with Crippen LogP contribution < -0.4 is 14.2 Å². The van der Waals surface area contributed by atoms with Gasteiger partial charge in [-0.25, -0.2) is 0 Å². The van der Waals surface area contributed by atoms with Crippen molar-refractivity contribution in [2.75, 3.05) is 28.4 Å². The standard InChI is InChI=1S/C17H25NO4/c1-18(12-8-6-5-7-9-12)17(19)13-10-15(21-3)16(22-4)11-14(13)20-2/h10-12H,5-9H2,1-4H3. The fraction of sp³-hybridized carbons (Fsp3) is 0.588. The van der Waals surface area contributed by atoms with Crippen LogP contribution in [0.2, 0.25) is 0 Å². The van der Waals surface area contributed by atoms with Crippen LogP contribution in [0.15, 0.2) is 12.1 Å². The van der Waals surface area contributed by atoms with E-state index in [9.17, 15) is 4.79 Å². The van der Waals surface area contributed by atoms with E-state index in [0.717, 1.165) is 12.8 Å². The number of benzene rings is 1. The molecule has 0 spiro atoms. The zero-order valence-corrected chi connectivity index (χ0v) is 13.8. The Balaban J connectivity index is 2.30. The van der Waals surface area contributed by atoms with Gasteiger partial charge in [-0.3, -0.25) is 4.79 Å². The van der Waals surface area contributed by atoms with E-state index < -0.39 is 0 Å². The zero-order valence-electron chi connectivity index (χ0n) is 13.8. The molecule has 1 fully saturated rings. The van der Waals surface area contributed by atoms with Crippen molar-refractivity contribution in [1.29, 1.82) is 0 Å². The lowest BCUT2D eigenvalue weighted by molar-refractivity contribution is 0.0692. The number of ether oxygens (including phenoxy) is 3. The third-order valence-corrected chi connectivity index (χ3v) is 4.38. The summed E-state index contributed by atoms with van der Waals surface area (Å²) in [6.07, 6.45) is 5.77. The molecule has 1 saturated carbocycles. The topological polar surface area (TPSA) is 48.0 Å². The Morgan fingerprint density at radius 3 is 2.05 bits per heavy atom. The molecule has 0 N–H and O–H groups in total. The molecule has 1 aromatic rings. The monoisotopic (exact) mass is 307 g/mol. The second-order valence-electron chi connectivity index (χ2n) is 5.62. The maximum absolute atomic E-state index is 12.8. The molecular weight excluding hydrogens is 282 g/mol. The van der Waals surface area contributed by atoms with Gasteiger partial charge in [0.05, 0.1) is 26.9 Å². The summed E-state index contributed by atoms with van der Waals surface area (Å²) < 4.78 is 15.9. The van der Waals surface area contributed by atoms with Crippen LogP contribution in [-0.2, 0) is 0 Å². The molecule has 1 amide bonds. The number of carbonyl (C=O) groups is 1. The minimum absolute atomic E-state index is 0.0373. The summed E-state index contributed by atoms with van der Waals surface area (Å²) in [6, 6.07) is 3.69. The first kappa shape index (κ1) is 16.5. The van der Waals surface area contributed by atoms with Crippen LogP contribution in [0.25, 0.3) is 0 Å². The van der Waals surface area contributed by atoms with Crippen molar-refractivity contribution in [1.82, 2.24) is 4.90 Å². The molecule has 1 aliphatic carbocycles. The average molecular weight is 307 g/mol. The fourth-order valence-electron chi connectivity index (χ4n) is 3.02. The van der Waals surface area contributed by atoms with Crippen molar-refractivity contribution in [3.8, 4) is 17.2 Å². The quantitative estimate of drug-likeness (QED) is 0.838. The minimum Gasteiger partial charge on any atom is -0.496 e. The molecular formula is C17H25NO4. The molecule has 5 heteroatoms. The summed E-state index contributed by atoms with van der Waals surface area (Å²) >= 11 is 0. The lowest BCUT2D eigenvalue weighted by atomic mass is 9.94. The SMILES string of the molecule is COc1cc(OC)c(C(=O)N(C)C2CCCCC2)cc1OC. The van der Waals surface area contributed by atoms with E-state index in [0.29, 0.717) is 28.9 Å². The van der Waals surface area contributed by atoms with Crippen LogP contribution in [0, 0.1) is 0 Å². The summed E-state index contributed by atoms with van der Waals surface area (Å²) in [7, 11) is 6.55. The zero-order chi connectivity index (χ0) is 16.1. The van der Waals surface area contributed by atoms with E-state index in [4.69, 9.17) is 14.2 Å². The first-order chi connectivity index (χ1) is 10.6. The van der Waals surface area contributed by atoms with E-state index in [1.807, 2.05) is 11.9 Å². The number of methoxy groups -OCH3 is 3. The highest BCUT2D eigenvalue weighted by molar-refractivity contribution is 5.97. The number of nitrogens with zero attached hydrogens (tertiary/aromatic N) is 1. The summed E-state index contributed by atoms with van der Waals surface area (Å²) in [5.41, 5.74) is 0.508. The molecule has 0 radical (unpaired) electrons. The van der Waals surface area contributed by atoms with Gasteiger partial charge in [-0.1, -0.05) is 19.3 Å². The molecule has 22 heavy (non-hydrogen) atoms. The number of amides is 1. The van der Waals surface area contributed by atoms with Crippen LogP contribution >= 0.6 is 0 Å². The Morgan fingerprint density at radius 2 is 1.50 bits per heavy atom. The molecule has 1 aromatic carbocycles. The number of hydrogen-bond donors (Lipinski definition) is 0. The third kappa shape index (κ3) is 3.29. The molecule has 0 heterocycles. The second kappa shape index (κ2) is 7.38. The highest BCUT2D eigenvalue weighted by Gasteiger charge is 2.26. The predicted octanol–water partition coefficient (Wildman–Crippen LogP) is 3.12. The van der Waals surface area contributed by atoms with Crippen LogP contribution in [0.4, 0.5) is 0 Å². The van der Waals surface area contributed by atoms with E-state index in [2.05, 4.69) is 0 Å². The summed E-state index contributed by atoms with van der Waals surface area (Å²) in [6.45, 7) is 0. The van der Waals surface area contributed by atoms with Crippen LogP contribution in [-0.4, -0.2) is 45.2 Å². The highest BCUT2D eigenvalue weighted by Crippen LogP contribution is 2.35. The lowest BCUT2D eigenvalue weighted by Crippen LogP contribution is -2.38. The Bertz CT molecular complexity index is 524. The maximum atomic E-state index is 12.8. The van der Waals surface area contributed by atoms with Crippen molar-refractivity contribution < 1.29 is 19.0 Å². The summed E-state index contributed by atoms with van der Waals surface area (Å²) in [5.74, 6) is 1.55. The van der Waals surface area contributed by atoms with E-state index in [1.54, 1.807) is 33.5 Å². The molecule has 0 unspecified atom stereocenters. The van der Waals surface area contributed by atoms with Crippen molar-refractivity contribution in [2.45, 2.75) is 38.1 Å². The van der Waals surface area contributed by atoms with E-state index in [-0.39, 0.29) is 5.91 Å². The average Bonchev–Trinajstić information content (AvgIpc) is 2.59. The minimum atomic E-state index is -0.0373. The van der Waals surface area contributed by atoms with Crippen LogP contribution in [0.3, 0.4) is 0 Å². The Morgan fingerprint density at radius 1 is 0.955 bits per heavy atom. The number of hydrogen-bond acceptors (Lipinski definition) is 4. The molecule has 0 aromatic heterocycles. The fourth-order valence-corrected chi connectivity index (χ4v) is 3.02. The third-order valence-electron chi connectivity index (χ3n) is 4.38. The van der Waals surface area contributed by atoms with Gasteiger partial charge in [-0.15, -0.1) is 0 Å². The van der Waals surface area contributed by atoms with Gasteiger partial charge in [-0.05, 0) is 12.8 Å². The van der Waals surface area contributed by atoms with Crippen molar-refractivity contribution in [2.24, 2.45) is 0 Å². The maximum Gasteiger partial charge on any atom is 0.257 e. The van der Waals surface area contributed by atoms with Gasteiger partial charge in [0.15, 0.2) is 11.5 Å². The van der Waals surface area contributed by atoms with Gasteiger partial charge in [0.1, 0.15) is 5.75 Å². The molecule has 122 valence electrons. The predicted molar refractivity (Wildman–Crippen MR) is 85.1 cm³/mol. The molecule has 0 aliphatic heterocycles. The van der Waals surface area contributed by atoms with Gasteiger partial charge in [0.2, 0.25) is 0 Å². The molecule has 5 nitrogen and oxygen atoms in total. The Labute approximate surface area is 132 Å². The van der Waals surface area contributed by atoms with E-state index in [1.165, 1.54) is 19.3 Å². The van der Waals surface area contributed by atoms with Gasteiger partial charge in [0, 0.05) is 25.2 Å². The van der Waals surface area contributed by atoms with Gasteiger partial charge >= 0.3 is 0 Å². The normalized spacial score (nSPS) is 15.3. The second-order valence-corrected chi connectivity index (χ2v) is 5.62. The van der Waals surface area contributed by atoms with Gasteiger partial charge in [0.25, 0.3) is 5.91 Å². The molecule has 1 aliphatic rings. The highest BCUT2D eigenvalue weighted by atomic mass is 16.5. The summed E-state index contributed by atoms with van der Waals surface area (Å²) in [4.78, 5) is 14.7. The number of carbonyl (C=O) groups excluding carboxylic acids is 1. The number of rotatable bonds is 5.